The second-order valence-electron chi connectivity index (χ2n) is 6.45. The summed E-state index contributed by atoms with van der Waals surface area (Å²) in [5.74, 6) is -0.181. The van der Waals surface area contributed by atoms with Gasteiger partial charge >= 0.3 is 6.03 Å². The van der Waals surface area contributed by atoms with Crippen LogP contribution >= 0.6 is 15.9 Å². The number of halogens is 1. The summed E-state index contributed by atoms with van der Waals surface area (Å²) in [5.41, 5.74) is 2.56. The Morgan fingerprint density at radius 1 is 1.10 bits per heavy atom. The van der Waals surface area contributed by atoms with Gasteiger partial charge in [0.25, 0.3) is 5.91 Å². The molecule has 0 bridgehead atoms. The van der Waals surface area contributed by atoms with Crippen LogP contribution in [0.15, 0.2) is 71.7 Å². The first kappa shape index (κ1) is 20.6. The van der Waals surface area contributed by atoms with Crippen LogP contribution in [-0.4, -0.2) is 34.6 Å². The van der Waals surface area contributed by atoms with Crippen molar-refractivity contribution in [3.05, 3.63) is 82.9 Å². The van der Waals surface area contributed by atoms with E-state index in [4.69, 9.17) is 0 Å². The zero-order valence-corrected chi connectivity index (χ0v) is 17.5. The molecule has 3 amide bonds. The minimum atomic E-state index is -0.284. The maximum atomic E-state index is 12.1. The maximum Gasteiger partial charge on any atom is 0.315 e. The Bertz CT molecular complexity index is 957. The third-order valence-corrected chi connectivity index (χ3v) is 4.82. The van der Waals surface area contributed by atoms with Gasteiger partial charge in [0.1, 0.15) is 0 Å². The summed E-state index contributed by atoms with van der Waals surface area (Å²) < 4.78 is 2.76. The standard InChI is InChI=1S/C21H22BrN5O2/c1-15(16-5-7-19(8-6-16)27-12-11-23-14-27)26-21(29)25-10-9-24-20(28)17-3-2-4-18(22)13-17/h2-8,11-15H,9-10H2,1H3,(H,24,28)(H2,25,26,29). The summed E-state index contributed by atoms with van der Waals surface area (Å²) in [6.45, 7) is 2.59. The summed E-state index contributed by atoms with van der Waals surface area (Å²) in [6, 6.07) is 14.6. The van der Waals surface area contributed by atoms with Crippen molar-refractivity contribution in [3.8, 4) is 5.69 Å². The topological polar surface area (TPSA) is 88.0 Å². The molecule has 8 heteroatoms. The molecule has 1 heterocycles. The van der Waals surface area contributed by atoms with Gasteiger partial charge in [-0.3, -0.25) is 4.79 Å². The number of benzene rings is 2. The third-order valence-electron chi connectivity index (χ3n) is 4.33. The molecule has 0 saturated heterocycles. The zero-order valence-electron chi connectivity index (χ0n) is 15.9. The predicted octanol–water partition coefficient (Wildman–Crippen LogP) is 3.43. The van der Waals surface area contributed by atoms with Crippen molar-refractivity contribution in [2.75, 3.05) is 13.1 Å². The molecule has 1 atom stereocenters. The predicted molar refractivity (Wildman–Crippen MR) is 115 cm³/mol. The number of urea groups is 1. The van der Waals surface area contributed by atoms with Gasteiger partial charge in [-0.1, -0.05) is 34.1 Å². The molecule has 150 valence electrons. The molecule has 0 aliphatic heterocycles. The fourth-order valence-electron chi connectivity index (χ4n) is 2.76. The van der Waals surface area contributed by atoms with Crippen molar-refractivity contribution in [1.29, 1.82) is 0 Å². The van der Waals surface area contributed by atoms with Crippen molar-refractivity contribution in [3.63, 3.8) is 0 Å². The number of aromatic nitrogens is 2. The molecular weight excluding hydrogens is 434 g/mol. The van der Waals surface area contributed by atoms with Gasteiger partial charge in [0.2, 0.25) is 0 Å². The first-order valence-corrected chi connectivity index (χ1v) is 9.98. The second-order valence-corrected chi connectivity index (χ2v) is 7.37. The smallest absolute Gasteiger partial charge is 0.315 e. The summed E-state index contributed by atoms with van der Waals surface area (Å²) in [6.07, 6.45) is 5.34. The first-order chi connectivity index (χ1) is 14.0. The highest BCUT2D eigenvalue weighted by Crippen LogP contribution is 2.15. The lowest BCUT2D eigenvalue weighted by Crippen LogP contribution is -2.41. The molecule has 3 rings (SSSR count). The van der Waals surface area contributed by atoms with Gasteiger partial charge in [-0.05, 0) is 42.8 Å². The van der Waals surface area contributed by atoms with Crippen molar-refractivity contribution in [2.24, 2.45) is 0 Å². The van der Waals surface area contributed by atoms with Gasteiger partial charge in [0.15, 0.2) is 0 Å². The van der Waals surface area contributed by atoms with E-state index in [9.17, 15) is 9.59 Å². The molecule has 3 N–H and O–H groups in total. The van der Waals surface area contributed by atoms with E-state index >= 15 is 0 Å². The Morgan fingerprint density at radius 3 is 2.55 bits per heavy atom. The number of hydrogen-bond donors (Lipinski definition) is 3. The lowest BCUT2D eigenvalue weighted by molar-refractivity contribution is 0.0953. The van der Waals surface area contributed by atoms with E-state index in [1.54, 1.807) is 30.7 Å². The van der Waals surface area contributed by atoms with Crippen molar-refractivity contribution < 1.29 is 9.59 Å². The summed E-state index contributed by atoms with van der Waals surface area (Å²) in [5, 5.41) is 8.41. The largest absolute Gasteiger partial charge is 0.350 e. The second kappa shape index (κ2) is 9.88. The van der Waals surface area contributed by atoms with Gasteiger partial charge in [0.05, 0.1) is 12.4 Å². The first-order valence-electron chi connectivity index (χ1n) is 9.19. The number of nitrogens with one attached hydrogen (secondary N) is 3. The molecule has 0 spiro atoms. The van der Waals surface area contributed by atoms with E-state index in [1.807, 2.05) is 48.0 Å². The lowest BCUT2D eigenvalue weighted by Gasteiger charge is -2.16. The van der Waals surface area contributed by atoms with Crippen LogP contribution in [0.3, 0.4) is 0 Å². The molecule has 1 aromatic heterocycles. The molecule has 3 aromatic rings. The Morgan fingerprint density at radius 2 is 1.86 bits per heavy atom. The minimum Gasteiger partial charge on any atom is -0.350 e. The van der Waals surface area contributed by atoms with Gasteiger partial charge in [-0.2, -0.15) is 0 Å². The zero-order chi connectivity index (χ0) is 20.6. The number of nitrogens with zero attached hydrogens (tertiary/aromatic N) is 2. The number of amides is 3. The average Bonchev–Trinajstić information content (AvgIpc) is 3.26. The summed E-state index contributed by atoms with van der Waals surface area (Å²) >= 11 is 3.34. The average molecular weight is 456 g/mol. The Hall–Kier alpha value is -3.13. The van der Waals surface area contributed by atoms with E-state index in [1.165, 1.54) is 0 Å². The van der Waals surface area contributed by atoms with E-state index < -0.39 is 0 Å². The summed E-state index contributed by atoms with van der Waals surface area (Å²) in [4.78, 5) is 28.2. The van der Waals surface area contributed by atoms with E-state index in [-0.39, 0.29) is 18.0 Å². The van der Waals surface area contributed by atoms with Gasteiger partial charge < -0.3 is 20.5 Å². The van der Waals surface area contributed by atoms with E-state index in [0.29, 0.717) is 18.7 Å². The number of carbonyl (C=O) groups excluding carboxylic acids is 2. The SMILES string of the molecule is CC(NC(=O)NCCNC(=O)c1cccc(Br)c1)c1ccc(-n2ccnc2)cc1. The van der Waals surface area contributed by atoms with Crippen LogP contribution in [0.2, 0.25) is 0 Å². The molecule has 0 fully saturated rings. The number of hydrogen-bond acceptors (Lipinski definition) is 3. The highest BCUT2D eigenvalue weighted by molar-refractivity contribution is 9.10. The van der Waals surface area contributed by atoms with Gasteiger partial charge in [-0.25, -0.2) is 9.78 Å². The molecule has 0 aliphatic carbocycles. The Kier molecular flexibility index (Phi) is 7.02. The Balaban J connectivity index is 1.40. The van der Waals surface area contributed by atoms with Gasteiger partial charge in [-0.15, -0.1) is 0 Å². The number of carbonyl (C=O) groups is 2. The molecule has 0 saturated carbocycles. The van der Waals surface area contributed by atoms with Crippen molar-refractivity contribution in [1.82, 2.24) is 25.5 Å². The number of imidazole rings is 1. The van der Waals surface area contributed by atoms with Gasteiger partial charge in [0, 0.05) is 41.2 Å². The van der Waals surface area contributed by atoms with E-state index in [2.05, 4.69) is 36.9 Å². The molecule has 7 nitrogen and oxygen atoms in total. The van der Waals surface area contributed by atoms with Crippen molar-refractivity contribution in [2.45, 2.75) is 13.0 Å². The lowest BCUT2D eigenvalue weighted by atomic mass is 10.1. The van der Waals surface area contributed by atoms with Crippen molar-refractivity contribution >= 4 is 27.9 Å². The van der Waals surface area contributed by atoms with Crippen LogP contribution in [0.4, 0.5) is 4.79 Å². The molecule has 1 unspecified atom stereocenters. The highest BCUT2D eigenvalue weighted by Gasteiger charge is 2.10. The normalized spacial score (nSPS) is 11.5. The third kappa shape index (κ3) is 5.92. The van der Waals surface area contributed by atoms with Crippen LogP contribution in [0, 0.1) is 0 Å². The van der Waals surface area contributed by atoms with E-state index in [0.717, 1.165) is 15.7 Å². The van der Waals surface area contributed by atoms with Crippen LogP contribution < -0.4 is 16.0 Å². The quantitative estimate of drug-likeness (QED) is 0.476. The Labute approximate surface area is 177 Å². The molecule has 2 aromatic carbocycles. The molecule has 0 radical (unpaired) electrons. The van der Waals surface area contributed by atoms with Crippen LogP contribution in [0.1, 0.15) is 28.9 Å². The fraction of sp³-hybridized carbons (Fsp3) is 0.190. The highest BCUT2D eigenvalue weighted by atomic mass is 79.9. The maximum absolute atomic E-state index is 12.1. The summed E-state index contributed by atoms with van der Waals surface area (Å²) in [7, 11) is 0. The fourth-order valence-corrected chi connectivity index (χ4v) is 3.16. The van der Waals surface area contributed by atoms with Crippen LogP contribution in [0.25, 0.3) is 5.69 Å². The molecule has 0 aliphatic rings. The van der Waals surface area contributed by atoms with Crippen LogP contribution in [-0.2, 0) is 0 Å². The monoisotopic (exact) mass is 455 g/mol. The van der Waals surface area contributed by atoms with Crippen LogP contribution in [0.5, 0.6) is 0 Å². The molecular formula is C21H22BrN5O2. The number of rotatable bonds is 7. The minimum absolute atomic E-state index is 0.150. The molecule has 29 heavy (non-hydrogen) atoms.